The van der Waals surface area contributed by atoms with Crippen LogP contribution in [-0.2, 0) is 13.0 Å². The van der Waals surface area contributed by atoms with Crippen molar-refractivity contribution in [3.8, 4) is 0 Å². The van der Waals surface area contributed by atoms with Gasteiger partial charge >= 0.3 is 0 Å². The van der Waals surface area contributed by atoms with Gasteiger partial charge in [0, 0.05) is 12.1 Å². The Hall–Kier alpha value is -0.820. The first-order valence-corrected chi connectivity index (χ1v) is 7.90. The van der Waals surface area contributed by atoms with Crippen LogP contribution in [0.5, 0.6) is 0 Å². The number of hydrogen-bond donors (Lipinski definition) is 1. The van der Waals surface area contributed by atoms with Gasteiger partial charge in [0.2, 0.25) is 0 Å². The highest BCUT2D eigenvalue weighted by Crippen LogP contribution is 2.27. The predicted molar refractivity (Wildman–Crippen MR) is 83.3 cm³/mol. The van der Waals surface area contributed by atoms with E-state index in [1.807, 2.05) is 0 Å². The highest BCUT2D eigenvalue weighted by molar-refractivity contribution is 5.23. The molecule has 1 fully saturated rings. The minimum Gasteiger partial charge on any atom is -0.307 e. The van der Waals surface area contributed by atoms with Gasteiger partial charge in [-0.3, -0.25) is 0 Å². The maximum Gasteiger partial charge on any atom is 0.0210 e. The minimum absolute atomic E-state index is 0.370. The van der Waals surface area contributed by atoms with E-state index < -0.39 is 0 Å². The zero-order chi connectivity index (χ0) is 13.7. The monoisotopic (exact) mass is 259 g/mol. The highest BCUT2D eigenvalue weighted by atomic mass is 15.0. The molecule has 0 spiro atoms. The Morgan fingerprint density at radius 1 is 1.00 bits per heavy atom. The van der Waals surface area contributed by atoms with E-state index in [9.17, 15) is 0 Å². The van der Waals surface area contributed by atoms with Crippen LogP contribution >= 0.6 is 0 Å². The molecule has 0 aliphatic heterocycles. The zero-order valence-corrected chi connectivity index (χ0v) is 12.8. The molecule has 0 unspecified atom stereocenters. The second-order valence-electron chi connectivity index (χ2n) is 6.89. The van der Waals surface area contributed by atoms with Crippen molar-refractivity contribution >= 4 is 0 Å². The molecule has 1 aliphatic carbocycles. The molecular weight excluding hydrogens is 230 g/mol. The molecule has 1 aliphatic rings. The van der Waals surface area contributed by atoms with Crippen molar-refractivity contribution in [2.45, 2.75) is 71.4 Å². The lowest BCUT2D eigenvalue weighted by Crippen LogP contribution is -2.43. The van der Waals surface area contributed by atoms with Gasteiger partial charge in [0.1, 0.15) is 0 Å². The predicted octanol–water partition coefficient (Wildman–Crippen LogP) is 4.70. The van der Waals surface area contributed by atoms with Crippen molar-refractivity contribution < 1.29 is 0 Å². The molecule has 0 radical (unpaired) electrons. The van der Waals surface area contributed by atoms with E-state index in [2.05, 4.69) is 50.4 Å². The normalized spacial score (nSPS) is 18.7. The largest absolute Gasteiger partial charge is 0.307 e. The average molecular weight is 259 g/mol. The summed E-state index contributed by atoms with van der Waals surface area (Å²) in [6, 6.07) is 9.16. The van der Waals surface area contributed by atoms with E-state index in [-0.39, 0.29) is 0 Å². The molecule has 1 N–H and O–H groups in total. The van der Waals surface area contributed by atoms with Crippen LogP contribution in [-0.4, -0.2) is 5.54 Å². The fourth-order valence-electron chi connectivity index (χ4n) is 3.09. The maximum atomic E-state index is 3.77. The van der Waals surface area contributed by atoms with E-state index in [1.165, 1.54) is 49.7 Å². The molecule has 1 saturated carbocycles. The standard InChI is InChI=1S/C18H29N/c1-15(2)13-16-7-9-17(10-8-16)14-19-18(3)11-5-4-6-12-18/h7-10,15,19H,4-6,11-14H2,1-3H3. The molecule has 1 aromatic rings. The lowest BCUT2D eigenvalue weighted by Gasteiger charge is -2.34. The summed E-state index contributed by atoms with van der Waals surface area (Å²) in [5, 5.41) is 3.77. The Morgan fingerprint density at radius 2 is 1.58 bits per heavy atom. The fourth-order valence-corrected chi connectivity index (χ4v) is 3.09. The third-order valence-corrected chi connectivity index (χ3v) is 4.34. The molecule has 19 heavy (non-hydrogen) atoms. The van der Waals surface area contributed by atoms with Gasteiger partial charge < -0.3 is 5.32 Å². The summed E-state index contributed by atoms with van der Waals surface area (Å²) < 4.78 is 0. The lowest BCUT2D eigenvalue weighted by atomic mass is 9.83. The first kappa shape index (κ1) is 14.6. The Kier molecular flexibility index (Phi) is 5.04. The summed E-state index contributed by atoms with van der Waals surface area (Å²) in [5.41, 5.74) is 3.25. The van der Waals surface area contributed by atoms with E-state index in [1.54, 1.807) is 0 Å². The Morgan fingerprint density at radius 3 is 2.16 bits per heavy atom. The smallest absolute Gasteiger partial charge is 0.0210 e. The summed E-state index contributed by atoms with van der Waals surface area (Å²) in [7, 11) is 0. The molecule has 1 heteroatoms. The van der Waals surface area contributed by atoms with Crippen LogP contribution in [0, 0.1) is 5.92 Å². The topological polar surface area (TPSA) is 12.0 Å². The lowest BCUT2D eigenvalue weighted by molar-refractivity contribution is 0.252. The Bertz CT molecular complexity index is 371. The summed E-state index contributed by atoms with van der Waals surface area (Å²) >= 11 is 0. The van der Waals surface area contributed by atoms with Gasteiger partial charge in [-0.1, -0.05) is 57.4 Å². The number of nitrogens with one attached hydrogen (secondary N) is 1. The van der Waals surface area contributed by atoms with Crippen molar-refractivity contribution in [3.63, 3.8) is 0 Å². The number of hydrogen-bond acceptors (Lipinski definition) is 1. The highest BCUT2D eigenvalue weighted by Gasteiger charge is 2.25. The Balaban J connectivity index is 1.85. The van der Waals surface area contributed by atoms with Crippen LogP contribution in [0.4, 0.5) is 0 Å². The van der Waals surface area contributed by atoms with Crippen LogP contribution in [0.25, 0.3) is 0 Å². The quantitative estimate of drug-likeness (QED) is 0.808. The SMILES string of the molecule is CC(C)Cc1ccc(CNC2(C)CCCCC2)cc1. The molecule has 0 amide bonds. The van der Waals surface area contributed by atoms with E-state index >= 15 is 0 Å². The van der Waals surface area contributed by atoms with E-state index in [4.69, 9.17) is 0 Å². The van der Waals surface area contributed by atoms with Gasteiger partial charge in [-0.2, -0.15) is 0 Å². The first-order chi connectivity index (χ1) is 9.07. The Labute approximate surface area is 118 Å². The molecule has 1 aromatic carbocycles. The van der Waals surface area contributed by atoms with Crippen molar-refractivity contribution in [1.82, 2.24) is 5.32 Å². The molecule has 106 valence electrons. The molecule has 1 nitrogen and oxygen atoms in total. The first-order valence-electron chi connectivity index (χ1n) is 7.90. The summed E-state index contributed by atoms with van der Waals surface area (Å²) in [6.07, 6.45) is 8.04. The molecular formula is C18H29N. The summed E-state index contributed by atoms with van der Waals surface area (Å²) in [4.78, 5) is 0. The molecule has 0 saturated heterocycles. The zero-order valence-electron chi connectivity index (χ0n) is 12.8. The molecule has 0 atom stereocenters. The van der Waals surface area contributed by atoms with Crippen molar-refractivity contribution in [2.75, 3.05) is 0 Å². The van der Waals surface area contributed by atoms with Gasteiger partial charge in [-0.25, -0.2) is 0 Å². The average Bonchev–Trinajstić information content (AvgIpc) is 2.38. The van der Waals surface area contributed by atoms with Crippen molar-refractivity contribution in [3.05, 3.63) is 35.4 Å². The molecule has 0 aromatic heterocycles. The molecule has 2 rings (SSSR count). The van der Waals surface area contributed by atoms with Gasteiger partial charge in [-0.15, -0.1) is 0 Å². The maximum absolute atomic E-state index is 3.77. The summed E-state index contributed by atoms with van der Waals surface area (Å²) in [6.45, 7) is 7.95. The van der Waals surface area contributed by atoms with Crippen molar-refractivity contribution in [2.24, 2.45) is 5.92 Å². The van der Waals surface area contributed by atoms with Crippen LogP contribution in [0.3, 0.4) is 0 Å². The molecule has 0 heterocycles. The number of benzene rings is 1. The van der Waals surface area contributed by atoms with Crippen molar-refractivity contribution in [1.29, 1.82) is 0 Å². The summed E-state index contributed by atoms with van der Waals surface area (Å²) in [5.74, 6) is 0.741. The third kappa shape index (κ3) is 4.65. The van der Waals surface area contributed by atoms with Gasteiger partial charge in [0.25, 0.3) is 0 Å². The molecule has 0 bridgehead atoms. The minimum atomic E-state index is 0.370. The van der Waals surface area contributed by atoms with Crippen LogP contribution in [0.15, 0.2) is 24.3 Å². The van der Waals surface area contributed by atoms with Gasteiger partial charge in [0.05, 0.1) is 0 Å². The van der Waals surface area contributed by atoms with Crippen LogP contribution < -0.4 is 5.32 Å². The second kappa shape index (κ2) is 6.56. The fraction of sp³-hybridized carbons (Fsp3) is 0.667. The van der Waals surface area contributed by atoms with Gasteiger partial charge in [0.15, 0.2) is 0 Å². The van der Waals surface area contributed by atoms with E-state index in [0.717, 1.165) is 12.5 Å². The van der Waals surface area contributed by atoms with Crippen LogP contribution in [0.2, 0.25) is 0 Å². The van der Waals surface area contributed by atoms with E-state index in [0.29, 0.717) is 5.54 Å². The second-order valence-corrected chi connectivity index (χ2v) is 6.89. The third-order valence-electron chi connectivity index (χ3n) is 4.34. The van der Waals surface area contributed by atoms with Gasteiger partial charge in [-0.05, 0) is 43.2 Å². The number of rotatable bonds is 5. The van der Waals surface area contributed by atoms with Crippen LogP contribution in [0.1, 0.15) is 64.0 Å².